The van der Waals surface area contributed by atoms with E-state index in [0.29, 0.717) is 32.6 Å². The number of H-pyrrole nitrogens is 1. The van der Waals surface area contributed by atoms with Crippen LogP contribution in [0.3, 0.4) is 0 Å². The Labute approximate surface area is 207 Å². The second-order valence-corrected chi connectivity index (χ2v) is 8.91. The lowest BCUT2D eigenvalue weighted by Gasteiger charge is -2.28. The highest BCUT2D eigenvalue weighted by Crippen LogP contribution is 2.19. The second kappa shape index (κ2) is 13.5. The van der Waals surface area contributed by atoms with Crippen molar-refractivity contribution >= 4 is 22.8 Å². The number of para-hydroxylation sites is 1. The molecule has 3 rings (SSSR count). The SMILES string of the molecule is CCCCNC(=O)N(CCCC)CC(=O)N(CCc1c[nH]c2ccccc12)Cc1ccc(F)cc1. The molecule has 0 spiro atoms. The quantitative estimate of drug-likeness (QED) is 0.318. The minimum atomic E-state index is -0.306. The van der Waals surface area contributed by atoms with Gasteiger partial charge in [-0.1, -0.05) is 57.0 Å². The van der Waals surface area contributed by atoms with E-state index in [4.69, 9.17) is 0 Å². The van der Waals surface area contributed by atoms with E-state index in [1.165, 1.54) is 12.1 Å². The Kier molecular flexibility index (Phi) is 10.1. The van der Waals surface area contributed by atoms with Crippen molar-refractivity contribution in [2.75, 3.05) is 26.2 Å². The normalized spacial score (nSPS) is 10.9. The Morgan fingerprint density at radius 1 is 0.943 bits per heavy atom. The Hall–Kier alpha value is -3.35. The first-order valence-electron chi connectivity index (χ1n) is 12.6. The van der Waals surface area contributed by atoms with Gasteiger partial charge in [0, 0.05) is 43.3 Å². The van der Waals surface area contributed by atoms with Crippen molar-refractivity contribution in [2.24, 2.45) is 0 Å². The first-order chi connectivity index (χ1) is 17.0. The van der Waals surface area contributed by atoms with Gasteiger partial charge < -0.3 is 20.1 Å². The number of fused-ring (bicyclic) bond motifs is 1. The lowest BCUT2D eigenvalue weighted by molar-refractivity contribution is -0.132. The van der Waals surface area contributed by atoms with Gasteiger partial charge >= 0.3 is 6.03 Å². The van der Waals surface area contributed by atoms with Crippen LogP contribution in [-0.4, -0.2) is 52.9 Å². The first kappa shape index (κ1) is 26.3. The summed E-state index contributed by atoms with van der Waals surface area (Å²) in [6.07, 6.45) is 6.33. The lowest BCUT2D eigenvalue weighted by Crippen LogP contribution is -2.47. The highest BCUT2D eigenvalue weighted by molar-refractivity contribution is 5.85. The van der Waals surface area contributed by atoms with Crippen molar-refractivity contribution in [3.05, 3.63) is 71.7 Å². The summed E-state index contributed by atoms with van der Waals surface area (Å²) in [7, 11) is 0. The molecule has 0 fully saturated rings. The van der Waals surface area contributed by atoms with E-state index in [1.807, 2.05) is 24.4 Å². The Balaban J connectivity index is 1.74. The highest BCUT2D eigenvalue weighted by atomic mass is 19.1. The molecular formula is C28H37FN4O2. The number of nitrogens with one attached hydrogen (secondary N) is 2. The van der Waals surface area contributed by atoms with E-state index < -0.39 is 0 Å². The number of hydrogen-bond acceptors (Lipinski definition) is 2. The molecule has 0 radical (unpaired) electrons. The smallest absolute Gasteiger partial charge is 0.317 e. The van der Waals surface area contributed by atoms with Gasteiger partial charge in [-0.2, -0.15) is 0 Å². The zero-order valence-corrected chi connectivity index (χ0v) is 20.9. The Morgan fingerprint density at radius 2 is 1.69 bits per heavy atom. The van der Waals surface area contributed by atoms with Crippen LogP contribution in [0.15, 0.2) is 54.7 Å². The van der Waals surface area contributed by atoms with Gasteiger partial charge in [0.1, 0.15) is 12.4 Å². The monoisotopic (exact) mass is 480 g/mol. The van der Waals surface area contributed by atoms with Gasteiger partial charge in [-0.05, 0) is 48.6 Å². The standard InChI is InChI=1S/C28H37FN4O2/c1-3-5-16-30-28(35)33(17-6-4-2)21-27(34)32(20-22-11-13-24(29)14-12-22)18-15-23-19-31-26-10-8-7-9-25(23)26/h7-14,19,31H,3-6,15-18,20-21H2,1-2H3,(H,30,35). The van der Waals surface area contributed by atoms with Gasteiger partial charge in [0.25, 0.3) is 0 Å². The van der Waals surface area contributed by atoms with Gasteiger partial charge in [-0.15, -0.1) is 0 Å². The Morgan fingerprint density at radius 3 is 2.43 bits per heavy atom. The fourth-order valence-electron chi connectivity index (χ4n) is 4.04. The molecule has 2 aromatic carbocycles. The van der Waals surface area contributed by atoms with Crippen LogP contribution in [0.25, 0.3) is 10.9 Å². The summed E-state index contributed by atoms with van der Waals surface area (Å²) >= 11 is 0. The molecule has 6 nitrogen and oxygen atoms in total. The number of urea groups is 1. The summed E-state index contributed by atoms with van der Waals surface area (Å²) < 4.78 is 13.4. The van der Waals surface area contributed by atoms with Crippen LogP contribution in [0.5, 0.6) is 0 Å². The van der Waals surface area contributed by atoms with E-state index >= 15 is 0 Å². The average Bonchev–Trinajstić information content (AvgIpc) is 3.28. The summed E-state index contributed by atoms with van der Waals surface area (Å²) in [5, 5.41) is 4.08. The number of amides is 3. The minimum absolute atomic E-state index is 0.0209. The number of carbonyl (C=O) groups excluding carboxylic acids is 2. The van der Waals surface area contributed by atoms with E-state index in [1.54, 1.807) is 21.9 Å². The van der Waals surface area contributed by atoms with Crippen LogP contribution in [0.4, 0.5) is 9.18 Å². The topological polar surface area (TPSA) is 68.4 Å². The molecule has 0 bridgehead atoms. The van der Waals surface area contributed by atoms with Crippen LogP contribution in [0.2, 0.25) is 0 Å². The fourth-order valence-corrected chi connectivity index (χ4v) is 4.04. The van der Waals surface area contributed by atoms with E-state index in [-0.39, 0.29) is 24.3 Å². The minimum Gasteiger partial charge on any atom is -0.361 e. The van der Waals surface area contributed by atoms with Crippen molar-refractivity contribution in [3.63, 3.8) is 0 Å². The first-order valence-corrected chi connectivity index (χ1v) is 12.6. The molecule has 0 atom stereocenters. The summed E-state index contributed by atoms with van der Waals surface area (Å²) in [4.78, 5) is 32.9. The predicted octanol–water partition coefficient (Wildman–Crippen LogP) is 5.49. The maximum absolute atomic E-state index is 13.5. The van der Waals surface area contributed by atoms with Gasteiger partial charge in [0.2, 0.25) is 5.91 Å². The molecule has 0 saturated carbocycles. The van der Waals surface area contributed by atoms with Gasteiger partial charge in [-0.3, -0.25) is 4.79 Å². The predicted molar refractivity (Wildman–Crippen MR) is 139 cm³/mol. The molecule has 1 heterocycles. The Bertz CT molecular complexity index is 1080. The third kappa shape index (κ3) is 7.84. The number of rotatable bonds is 13. The molecule has 7 heteroatoms. The number of benzene rings is 2. The number of nitrogens with zero attached hydrogens (tertiary/aromatic N) is 2. The summed E-state index contributed by atoms with van der Waals surface area (Å²) in [5.74, 6) is -0.421. The molecule has 35 heavy (non-hydrogen) atoms. The zero-order valence-electron chi connectivity index (χ0n) is 20.9. The van der Waals surface area contributed by atoms with E-state index in [9.17, 15) is 14.0 Å². The van der Waals surface area contributed by atoms with E-state index in [2.05, 4.69) is 30.2 Å². The molecule has 3 amide bonds. The molecule has 0 unspecified atom stereocenters. The summed E-state index contributed by atoms with van der Waals surface area (Å²) in [6.45, 7) is 6.16. The number of carbonyl (C=O) groups is 2. The van der Waals surface area contributed by atoms with Crippen LogP contribution < -0.4 is 5.32 Å². The molecule has 0 aliphatic carbocycles. The largest absolute Gasteiger partial charge is 0.361 e. The number of aromatic amines is 1. The van der Waals surface area contributed by atoms with Gasteiger partial charge in [-0.25, -0.2) is 9.18 Å². The van der Waals surface area contributed by atoms with Crippen molar-refractivity contribution in [2.45, 2.75) is 52.5 Å². The molecule has 3 aromatic rings. The summed E-state index contributed by atoms with van der Waals surface area (Å²) in [6, 6.07) is 14.1. The van der Waals surface area contributed by atoms with Gasteiger partial charge in [0.05, 0.1) is 0 Å². The third-order valence-corrected chi connectivity index (χ3v) is 6.17. The maximum atomic E-state index is 13.5. The number of unbranched alkanes of at least 4 members (excludes halogenated alkanes) is 2. The van der Waals surface area contributed by atoms with Crippen molar-refractivity contribution < 1.29 is 14.0 Å². The van der Waals surface area contributed by atoms with Gasteiger partial charge in [0.15, 0.2) is 0 Å². The molecule has 2 N–H and O–H groups in total. The average molecular weight is 481 g/mol. The molecule has 0 saturated heterocycles. The number of aromatic nitrogens is 1. The zero-order chi connectivity index (χ0) is 25.0. The second-order valence-electron chi connectivity index (χ2n) is 8.91. The third-order valence-electron chi connectivity index (χ3n) is 6.17. The van der Waals surface area contributed by atoms with E-state index in [0.717, 1.165) is 47.7 Å². The lowest BCUT2D eigenvalue weighted by atomic mass is 10.1. The van der Waals surface area contributed by atoms with Crippen LogP contribution in [-0.2, 0) is 17.8 Å². The maximum Gasteiger partial charge on any atom is 0.317 e. The molecule has 1 aromatic heterocycles. The molecule has 0 aliphatic heterocycles. The van der Waals surface area contributed by atoms with Crippen molar-refractivity contribution in [1.29, 1.82) is 0 Å². The number of hydrogen-bond donors (Lipinski definition) is 2. The molecule has 0 aliphatic rings. The molecular weight excluding hydrogens is 443 g/mol. The van der Waals surface area contributed by atoms with Crippen LogP contribution >= 0.6 is 0 Å². The molecule has 188 valence electrons. The van der Waals surface area contributed by atoms with Crippen LogP contribution in [0.1, 0.15) is 50.7 Å². The highest BCUT2D eigenvalue weighted by Gasteiger charge is 2.21. The fraction of sp³-hybridized carbons (Fsp3) is 0.429. The van der Waals surface area contributed by atoms with Crippen molar-refractivity contribution in [1.82, 2.24) is 20.1 Å². The number of halogens is 1. The van der Waals surface area contributed by atoms with Crippen molar-refractivity contribution in [3.8, 4) is 0 Å². The van der Waals surface area contributed by atoms with Crippen LogP contribution in [0, 0.1) is 5.82 Å². The summed E-state index contributed by atoms with van der Waals surface area (Å²) in [5.41, 5.74) is 3.05.